The van der Waals surface area contributed by atoms with Crippen LogP contribution in [0.5, 0.6) is 0 Å². The molecule has 7 atom stereocenters. The largest absolute Gasteiger partial charge is 0.315 e. The molecular formula is C23H34N2. The molecule has 1 unspecified atom stereocenters. The summed E-state index contributed by atoms with van der Waals surface area (Å²) in [6, 6.07) is 1.29. The van der Waals surface area contributed by atoms with Crippen molar-refractivity contribution in [1.82, 2.24) is 10.2 Å². The molecule has 3 aliphatic carbocycles. The standard InChI is InChI=1S/C23H34N2/c1-16-8-12-23-17(2)9-11-22(13-18(16)23)15-25-14-20(25)19(24-4)7-5-6-10-21(22,23)3/h17,19-20,24H,7-15H2,1-4H3/t17-,19+,20-,21-,22+,23-,25?/m1/s1. The van der Waals surface area contributed by atoms with E-state index in [1.54, 1.807) is 5.57 Å². The highest BCUT2D eigenvalue weighted by atomic mass is 15.3. The van der Waals surface area contributed by atoms with E-state index in [1.807, 2.05) is 5.57 Å². The summed E-state index contributed by atoms with van der Waals surface area (Å²) in [5.74, 6) is 8.12. The van der Waals surface area contributed by atoms with Crippen LogP contribution in [0.25, 0.3) is 0 Å². The lowest BCUT2D eigenvalue weighted by molar-refractivity contribution is -0.0883. The van der Waals surface area contributed by atoms with Gasteiger partial charge in [-0.2, -0.15) is 0 Å². The highest BCUT2D eigenvalue weighted by Gasteiger charge is 2.72. The molecule has 0 aromatic heterocycles. The molecule has 2 nitrogen and oxygen atoms in total. The van der Waals surface area contributed by atoms with E-state index in [0.29, 0.717) is 22.3 Å². The fourth-order valence-electron chi connectivity index (χ4n) is 7.83. The highest BCUT2D eigenvalue weighted by Crippen LogP contribution is 2.78. The van der Waals surface area contributed by atoms with Crippen LogP contribution in [0.2, 0.25) is 0 Å². The Bertz CT molecular complexity index is 697. The van der Waals surface area contributed by atoms with Gasteiger partial charge in [0.25, 0.3) is 0 Å². The number of hydrogen-bond acceptors (Lipinski definition) is 2. The molecule has 136 valence electrons. The molecule has 2 bridgehead atoms. The van der Waals surface area contributed by atoms with Crippen LogP contribution in [0.3, 0.4) is 0 Å². The maximum absolute atomic E-state index is 3.71. The van der Waals surface area contributed by atoms with Gasteiger partial charge in [-0.05, 0) is 62.8 Å². The van der Waals surface area contributed by atoms with Gasteiger partial charge in [0.2, 0.25) is 0 Å². The number of nitrogens with zero attached hydrogens (tertiary/aromatic N) is 1. The van der Waals surface area contributed by atoms with E-state index in [1.165, 1.54) is 45.2 Å². The maximum atomic E-state index is 3.71. The van der Waals surface area contributed by atoms with Gasteiger partial charge in [-0.3, -0.25) is 4.90 Å². The highest BCUT2D eigenvalue weighted by molar-refractivity contribution is 5.42. The summed E-state index contributed by atoms with van der Waals surface area (Å²) < 4.78 is 0. The van der Waals surface area contributed by atoms with Crippen LogP contribution in [0.15, 0.2) is 11.1 Å². The molecule has 2 aliphatic heterocycles. The number of hydrogen-bond donors (Lipinski definition) is 1. The Kier molecular flexibility index (Phi) is 3.37. The summed E-state index contributed by atoms with van der Waals surface area (Å²) in [4.78, 5) is 2.78. The number of fused-ring (bicyclic) bond motifs is 1. The molecule has 2 saturated carbocycles. The van der Waals surface area contributed by atoms with Gasteiger partial charge in [0.1, 0.15) is 0 Å². The number of likely N-dealkylation sites (N-methyl/N-ethyl adjacent to an activating group) is 1. The van der Waals surface area contributed by atoms with Gasteiger partial charge in [-0.25, -0.2) is 0 Å². The molecule has 0 amide bonds. The van der Waals surface area contributed by atoms with Crippen molar-refractivity contribution in [1.29, 1.82) is 0 Å². The van der Waals surface area contributed by atoms with Gasteiger partial charge in [0, 0.05) is 43.4 Å². The zero-order valence-electron chi connectivity index (χ0n) is 16.5. The van der Waals surface area contributed by atoms with Gasteiger partial charge >= 0.3 is 0 Å². The van der Waals surface area contributed by atoms with Gasteiger partial charge < -0.3 is 5.32 Å². The minimum atomic E-state index is 0.372. The van der Waals surface area contributed by atoms with Gasteiger partial charge in [-0.15, -0.1) is 11.8 Å². The monoisotopic (exact) mass is 338 g/mol. The third-order valence-electron chi connectivity index (χ3n) is 9.50. The van der Waals surface area contributed by atoms with E-state index in [9.17, 15) is 0 Å². The van der Waals surface area contributed by atoms with Crippen LogP contribution >= 0.6 is 0 Å². The molecule has 2 heteroatoms. The first-order valence-electron chi connectivity index (χ1n) is 10.5. The van der Waals surface area contributed by atoms with Crippen molar-refractivity contribution in [3.8, 4) is 11.8 Å². The minimum absolute atomic E-state index is 0.372. The van der Waals surface area contributed by atoms with Crippen LogP contribution in [0, 0.1) is 34.0 Å². The fraction of sp³-hybridized carbons (Fsp3) is 0.826. The topological polar surface area (TPSA) is 15.0 Å². The van der Waals surface area contributed by atoms with Crippen LogP contribution in [0.4, 0.5) is 0 Å². The SMILES string of the molecule is CN[C@H]1CC#CC[C@]2(C)[C@]3(CC[C@@H](C)[C@@]24CCC(C)=C4C3)CN2C[C@H]12. The van der Waals surface area contributed by atoms with E-state index < -0.39 is 0 Å². The van der Waals surface area contributed by atoms with E-state index in [4.69, 9.17) is 0 Å². The average molecular weight is 339 g/mol. The van der Waals surface area contributed by atoms with Crippen LogP contribution in [-0.4, -0.2) is 37.1 Å². The second kappa shape index (κ2) is 5.14. The summed E-state index contributed by atoms with van der Waals surface area (Å²) in [6.07, 6.45) is 9.08. The molecule has 5 rings (SSSR count). The summed E-state index contributed by atoms with van der Waals surface area (Å²) >= 11 is 0. The summed E-state index contributed by atoms with van der Waals surface area (Å²) in [5, 5.41) is 3.53. The van der Waals surface area contributed by atoms with Crippen molar-refractivity contribution >= 4 is 0 Å². The lowest BCUT2D eigenvalue weighted by Gasteiger charge is -2.58. The van der Waals surface area contributed by atoms with Gasteiger partial charge in [-0.1, -0.05) is 25.0 Å². The van der Waals surface area contributed by atoms with Gasteiger partial charge in [0.15, 0.2) is 0 Å². The van der Waals surface area contributed by atoms with E-state index in [0.717, 1.165) is 24.8 Å². The fourth-order valence-corrected chi connectivity index (χ4v) is 7.83. The lowest BCUT2D eigenvalue weighted by atomic mass is 9.46. The molecular weight excluding hydrogens is 304 g/mol. The Morgan fingerprint density at radius 3 is 2.88 bits per heavy atom. The number of nitrogens with one attached hydrogen (secondary N) is 1. The molecule has 2 heterocycles. The smallest absolute Gasteiger partial charge is 0.0386 e. The Hall–Kier alpha value is -0.780. The molecule has 25 heavy (non-hydrogen) atoms. The Labute approximate surface area is 153 Å². The molecule has 1 N–H and O–H groups in total. The zero-order chi connectivity index (χ0) is 17.4. The average Bonchev–Trinajstić information content (AvgIpc) is 3.24. The van der Waals surface area contributed by atoms with Crippen molar-refractivity contribution < 1.29 is 0 Å². The Morgan fingerprint density at radius 1 is 1.24 bits per heavy atom. The minimum Gasteiger partial charge on any atom is -0.315 e. The van der Waals surface area contributed by atoms with Gasteiger partial charge in [0.05, 0.1) is 0 Å². The second-order valence-corrected chi connectivity index (χ2v) is 10.1. The number of allylic oxidation sites excluding steroid dienone is 2. The quantitative estimate of drug-likeness (QED) is 0.442. The maximum Gasteiger partial charge on any atom is 0.0386 e. The van der Waals surface area contributed by atoms with Crippen LogP contribution in [-0.2, 0) is 0 Å². The Morgan fingerprint density at radius 2 is 2.08 bits per heavy atom. The molecule has 1 spiro atoms. The van der Waals surface area contributed by atoms with Crippen molar-refractivity contribution in [3.63, 3.8) is 0 Å². The molecule has 0 aromatic rings. The predicted octanol–water partition coefficient (Wildman–Crippen LogP) is 3.98. The predicted molar refractivity (Wildman–Crippen MR) is 103 cm³/mol. The third-order valence-corrected chi connectivity index (χ3v) is 9.50. The second-order valence-electron chi connectivity index (χ2n) is 10.1. The molecule has 0 radical (unpaired) electrons. The van der Waals surface area contributed by atoms with Crippen molar-refractivity contribution in [2.75, 3.05) is 20.1 Å². The van der Waals surface area contributed by atoms with Crippen molar-refractivity contribution in [2.24, 2.45) is 22.2 Å². The first-order valence-corrected chi connectivity index (χ1v) is 10.5. The Balaban J connectivity index is 1.64. The lowest BCUT2D eigenvalue weighted by Crippen LogP contribution is -2.54. The van der Waals surface area contributed by atoms with E-state index >= 15 is 0 Å². The third kappa shape index (κ3) is 1.85. The van der Waals surface area contributed by atoms with Crippen molar-refractivity contribution in [2.45, 2.75) is 77.8 Å². The van der Waals surface area contributed by atoms with E-state index in [2.05, 4.69) is 49.9 Å². The van der Waals surface area contributed by atoms with Crippen LogP contribution in [0.1, 0.15) is 65.7 Å². The molecule has 1 saturated heterocycles. The first-order chi connectivity index (χ1) is 12.0. The summed E-state index contributed by atoms with van der Waals surface area (Å²) in [5.41, 5.74) is 4.91. The summed E-state index contributed by atoms with van der Waals surface area (Å²) in [7, 11) is 2.11. The first kappa shape index (κ1) is 16.4. The summed E-state index contributed by atoms with van der Waals surface area (Å²) in [6.45, 7) is 10.2. The molecule has 5 aliphatic rings. The van der Waals surface area contributed by atoms with Crippen LogP contribution < -0.4 is 5.32 Å². The normalized spacial score (nSPS) is 53.4. The molecule has 0 aromatic carbocycles. The van der Waals surface area contributed by atoms with Crippen molar-refractivity contribution in [3.05, 3.63) is 11.1 Å². The zero-order valence-corrected chi connectivity index (χ0v) is 16.5. The number of rotatable bonds is 1. The molecule has 3 fully saturated rings. The van der Waals surface area contributed by atoms with E-state index in [-0.39, 0.29) is 0 Å².